The summed E-state index contributed by atoms with van der Waals surface area (Å²) < 4.78 is 26.5. The molecule has 0 spiro atoms. The summed E-state index contributed by atoms with van der Waals surface area (Å²) >= 11 is 0. The van der Waals surface area contributed by atoms with Crippen LogP contribution < -0.4 is 0 Å². The lowest BCUT2D eigenvalue weighted by molar-refractivity contribution is 0.282. The van der Waals surface area contributed by atoms with Crippen molar-refractivity contribution in [3.05, 3.63) is 97.1 Å². The molecule has 6 heteroatoms. The second kappa shape index (κ2) is 17.4. The Morgan fingerprint density at radius 2 is 0.905 bits per heavy atom. The fourth-order valence-corrected chi connectivity index (χ4v) is 6.11. The third kappa shape index (κ3) is 9.74. The molecule has 3 N–H and O–H groups in total. The van der Waals surface area contributed by atoms with Gasteiger partial charge in [-0.25, -0.2) is 8.42 Å². The zero-order chi connectivity index (χ0) is 30.2. The van der Waals surface area contributed by atoms with Gasteiger partial charge >= 0.3 is 0 Å². The molecule has 4 rings (SSSR count). The smallest absolute Gasteiger partial charge is 0.206 e. The van der Waals surface area contributed by atoms with E-state index in [1.807, 2.05) is 36.4 Å². The van der Waals surface area contributed by atoms with Crippen LogP contribution in [0.2, 0.25) is 0 Å². The van der Waals surface area contributed by atoms with Gasteiger partial charge < -0.3 is 15.3 Å². The summed E-state index contributed by atoms with van der Waals surface area (Å²) in [4.78, 5) is 0.137. The van der Waals surface area contributed by atoms with Gasteiger partial charge in [-0.05, 0) is 53.9 Å². The Morgan fingerprint density at radius 3 is 1.29 bits per heavy atom. The van der Waals surface area contributed by atoms with Gasteiger partial charge in [0.2, 0.25) is 9.84 Å². The molecule has 0 radical (unpaired) electrons. The molecule has 0 bridgehead atoms. The lowest BCUT2D eigenvalue weighted by Gasteiger charge is -2.11. The number of hydrogen-bond acceptors (Lipinski definition) is 5. The zero-order valence-corrected chi connectivity index (χ0v) is 25.4. The normalized spacial score (nSPS) is 11.1. The number of unbranched alkanes of at least 4 members (excludes halogenated alkanes) is 9. The highest BCUT2D eigenvalue weighted by Crippen LogP contribution is 2.36. The van der Waals surface area contributed by atoms with E-state index in [9.17, 15) is 18.6 Å². The summed E-state index contributed by atoms with van der Waals surface area (Å²) in [5.74, 6) is 0.0108. The van der Waals surface area contributed by atoms with Crippen molar-refractivity contribution in [2.45, 2.75) is 80.9 Å². The van der Waals surface area contributed by atoms with Gasteiger partial charge in [0.1, 0.15) is 11.5 Å². The van der Waals surface area contributed by atoms with Crippen LogP contribution in [0.4, 0.5) is 0 Å². The van der Waals surface area contributed by atoms with Crippen LogP contribution in [0.5, 0.6) is 11.5 Å². The van der Waals surface area contributed by atoms with Crippen molar-refractivity contribution in [1.29, 1.82) is 0 Å². The molecule has 0 unspecified atom stereocenters. The van der Waals surface area contributed by atoms with Crippen molar-refractivity contribution in [2.24, 2.45) is 0 Å². The topological polar surface area (TPSA) is 94.8 Å². The monoisotopic (exact) mass is 588 g/mol. The molecule has 224 valence electrons. The molecule has 5 nitrogen and oxygen atoms in total. The summed E-state index contributed by atoms with van der Waals surface area (Å²) in [6.07, 6.45) is 13.3. The molecular weight excluding hydrogens is 544 g/mol. The van der Waals surface area contributed by atoms with E-state index in [2.05, 4.69) is 6.92 Å². The summed E-state index contributed by atoms with van der Waals surface area (Å²) in [5, 5.41) is 29.0. The molecule has 0 aliphatic rings. The lowest BCUT2D eigenvalue weighted by Crippen LogP contribution is -2.02. The first-order chi connectivity index (χ1) is 20.4. The third-order valence-electron chi connectivity index (χ3n) is 7.24. The van der Waals surface area contributed by atoms with Gasteiger partial charge in [0.25, 0.3) is 0 Å². The van der Waals surface area contributed by atoms with Crippen molar-refractivity contribution < 1.29 is 23.7 Å². The summed E-state index contributed by atoms with van der Waals surface area (Å²) in [6, 6.07) is 26.7. The fourth-order valence-electron chi connectivity index (χ4n) is 4.80. The largest absolute Gasteiger partial charge is 0.507 e. The van der Waals surface area contributed by atoms with Crippen LogP contribution in [-0.4, -0.2) is 30.3 Å². The van der Waals surface area contributed by atoms with Crippen LogP contribution >= 0.6 is 0 Å². The highest BCUT2D eigenvalue weighted by molar-refractivity contribution is 7.91. The molecule has 0 heterocycles. The molecule has 0 fully saturated rings. The highest BCUT2D eigenvalue weighted by atomic mass is 32.2. The van der Waals surface area contributed by atoms with E-state index in [1.54, 1.807) is 24.3 Å². The number of aliphatic hydroxyl groups excluding tert-OH is 1. The second-order valence-electron chi connectivity index (χ2n) is 10.5. The first-order valence-electron chi connectivity index (χ1n) is 15.0. The summed E-state index contributed by atoms with van der Waals surface area (Å²) in [5.41, 5.74) is 2.32. The number of aromatic hydroxyl groups is 2. The van der Waals surface area contributed by atoms with Crippen LogP contribution in [0.25, 0.3) is 22.3 Å². The standard InChI is InChI=1S/C24H18O4S.C12H26O/c25-23-13-11-19(15-21(23)17-7-3-1-4-8-17)29(27,28)20-12-14-24(26)22(16-20)18-9-5-2-6-10-18;1-2-3-4-5-6-7-8-9-10-11-12-13/h1-16,25-26H;13H,2-12H2,1H3. The average Bonchev–Trinajstić information content (AvgIpc) is 3.02. The molecule has 42 heavy (non-hydrogen) atoms. The van der Waals surface area contributed by atoms with E-state index >= 15 is 0 Å². The number of benzene rings is 4. The van der Waals surface area contributed by atoms with E-state index in [0.29, 0.717) is 17.7 Å². The number of phenolic OH excluding ortho intramolecular Hbond substituents is 2. The van der Waals surface area contributed by atoms with Crippen molar-refractivity contribution in [3.8, 4) is 33.8 Å². The van der Waals surface area contributed by atoms with Gasteiger partial charge in [0.05, 0.1) is 9.79 Å². The van der Waals surface area contributed by atoms with E-state index in [-0.39, 0.29) is 21.3 Å². The number of sulfone groups is 1. The van der Waals surface area contributed by atoms with Crippen molar-refractivity contribution in [2.75, 3.05) is 6.61 Å². The van der Waals surface area contributed by atoms with Gasteiger partial charge in [-0.1, -0.05) is 125 Å². The second-order valence-corrected chi connectivity index (χ2v) is 12.4. The fraction of sp³-hybridized carbons (Fsp3) is 0.333. The number of hydrogen-bond donors (Lipinski definition) is 3. The number of phenols is 2. The van der Waals surface area contributed by atoms with Crippen molar-refractivity contribution in [1.82, 2.24) is 0 Å². The Kier molecular flexibility index (Phi) is 13.6. The van der Waals surface area contributed by atoms with Gasteiger partial charge in [-0.2, -0.15) is 0 Å². The van der Waals surface area contributed by atoms with Gasteiger partial charge in [-0.15, -0.1) is 0 Å². The van der Waals surface area contributed by atoms with E-state index in [1.165, 1.54) is 94.2 Å². The highest BCUT2D eigenvalue weighted by Gasteiger charge is 2.21. The number of aliphatic hydroxyl groups is 1. The number of rotatable bonds is 14. The third-order valence-corrected chi connectivity index (χ3v) is 8.99. The van der Waals surface area contributed by atoms with E-state index < -0.39 is 9.84 Å². The van der Waals surface area contributed by atoms with Crippen LogP contribution in [0.3, 0.4) is 0 Å². The first-order valence-corrected chi connectivity index (χ1v) is 16.5. The Labute approximate surface area is 251 Å². The van der Waals surface area contributed by atoms with Gasteiger partial charge in [-0.3, -0.25) is 0 Å². The molecule has 0 saturated carbocycles. The zero-order valence-electron chi connectivity index (χ0n) is 24.6. The lowest BCUT2D eigenvalue weighted by atomic mass is 10.1. The summed E-state index contributed by atoms with van der Waals surface area (Å²) in [7, 11) is -3.86. The summed E-state index contributed by atoms with van der Waals surface area (Å²) in [6.45, 7) is 2.63. The molecule has 0 aliphatic carbocycles. The van der Waals surface area contributed by atoms with Crippen LogP contribution in [-0.2, 0) is 9.84 Å². The predicted octanol–water partition coefficient (Wildman–Crippen LogP) is 9.16. The van der Waals surface area contributed by atoms with Crippen LogP contribution in [0.1, 0.15) is 71.1 Å². The molecule has 0 aromatic heterocycles. The Morgan fingerprint density at radius 1 is 0.524 bits per heavy atom. The molecule has 4 aromatic rings. The minimum absolute atomic E-state index is 0.00540. The molecular formula is C36H44O5S. The Balaban J connectivity index is 0.000000316. The maximum atomic E-state index is 13.3. The molecule has 0 atom stereocenters. The molecule has 0 amide bonds. The van der Waals surface area contributed by atoms with Crippen LogP contribution in [0.15, 0.2) is 107 Å². The maximum Gasteiger partial charge on any atom is 0.206 e. The minimum Gasteiger partial charge on any atom is -0.507 e. The quantitative estimate of drug-likeness (QED) is 0.128. The minimum atomic E-state index is -3.86. The van der Waals surface area contributed by atoms with Crippen molar-refractivity contribution in [3.63, 3.8) is 0 Å². The van der Waals surface area contributed by atoms with Crippen molar-refractivity contribution >= 4 is 9.84 Å². The SMILES string of the molecule is CCCCCCCCCCCCO.O=S(=O)(c1ccc(O)c(-c2ccccc2)c1)c1ccc(O)c(-c2ccccc2)c1. The van der Waals surface area contributed by atoms with Gasteiger partial charge in [0, 0.05) is 17.7 Å². The predicted molar refractivity (Wildman–Crippen MR) is 171 cm³/mol. The Hall–Kier alpha value is -3.61. The molecule has 0 saturated heterocycles. The maximum absolute atomic E-state index is 13.3. The average molecular weight is 589 g/mol. The van der Waals surface area contributed by atoms with E-state index in [4.69, 9.17) is 5.11 Å². The van der Waals surface area contributed by atoms with E-state index in [0.717, 1.165) is 17.5 Å². The Bertz CT molecular complexity index is 1350. The molecule has 0 aliphatic heterocycles. The first kappa shape index (κ1) is 32.9. The van der Waals surface area contributed by atoms with Crippen LogP contribution in [0, 0.1) is 0 Å². The van der Waals surface area contributed by atoms with Gasteiger partial charge in [0.15, 0.2) is 0 Å². The molecule has 4 aromatic carbocycles.